The van der Waals surface area contributed by atoms with Crippen LogP contribution in [0.4, 0.5) is 9.59 Å². The molecule has 270 valence electrons. The van der Waals surface area contributed by atoms with E-state index in [4.69, 9.17) is 97.7 Å². The van der Waals surface area contributed by atoms with Gasteiger partial charge in [0.2, 0.25) is 7.59 Å². The Bertz CT molecular complexity index is 1120. The molecule has 0 spiro atoms. The summed E-state index contributed by atoms with van der Waals surface area (Å²) in [5, 5.41) is 26.9. The maximum Gasteiger partial charge on any atom is 0.407 e. The summed E-state index contributed by atoms with van der Waals surface area (Å²) in [5.41, 5.74) is 0.876. The normalized spacial score (nSPS) is 23.1. The Labute approximate surface area is 305 Å². The van der Waals surface area contributed by atoms with E-state index in [9.17, 15) is 19.8 Å². The minimum Gasteiger partial charge on any atom is -0.445 e. The highest BCUT2D eigenvalue weighted by Gasteiger charge is 2.48. The van der Waals surface area contributed by atoms with E-state index in [1.807, 2.05) is 64.2 Å². The van der Waals surface area contributed by atoms with Crippen molar-refractivity contribution in [2.75, 3.05) is 33.0 Å². The van der Waals surface area contributed by atoms with Gasteiger partial charge in [-0.1, -0.05) is 121 Å². The van der Waals surface area contributed by atoms with E-state index in [1.165, 1.54) is 0 Å². The number of alkyl halides is 6. The fourth-order valence-corrected chi connectivity index (χ4v) is 5.13. The maximum atomic E-state index is 12.6. The lowest BCUT2D eigenvalue weighted by atomic mass is 9.97. The summed E-state index contributed by atoms with van der Waals surface area (Å²) in [6, 6.07) is 7.04. The summed E-state index contributed by atoms with van der Waals surface area (Å²) in [6.45, 7) is 8.81. The minimum absolute atomic E-state index is 0.0725. The lowest BCUT2D eigenvalue weighted by Crippen LogP contribution is -2.65. The van der Waals surface area contributed by atoms with E-state index >= 15 is 0 Å². The van der Waals surface area contributed by atoms with Crippen molar-refractivity contribution >= 4 is 90.1 Å². The number of alkyl carbamates (subject to hydrolysis) is 2. The number of rotatable bonds is 14. The molecule has 19 heteroatoms. The molecule has 1 aromatic carbocycles. The van der Waals surface area contributed by atoms with Crippen LogP contribution in [0.25, 0.3) is 0 Å². The zero-order valence-electron chi connectivity index (χ0n) is 26.5. The van der Waals surface area contributed by atoms with Gasteiger partial charge in [0, 0.05) is 0 Å². The van der Waals surface area contributed by atoms with Crippen LogP contribution in [0.5, 0.6) is 0 Å². The Morgan fingerprint density at radius 1 is 0.915 bits per heavy atom. The molecule has 2 amide bonds. The number of carbonyl (C=O) groups is 2. The predicted octanol–water partition coefficient (Wildman–Crippen LogP) is 5.62. The predicted molar refractivity (Wildman–Crippen MR) is 183 cm³/mol. The third-order valence-corrected chi connectivity index (χ3v) is 12.5. The quantitative estimate of drug-likeness (QED) is 0.138. The number of ether oxygens (including phenoxy) is 5. The minimum atomic E-state index is -2.30. The first-order valence-electron chi connectivity index (χ1n) is 14.5. The molecule has 4 N–H and O–H groups in total. The Balaban J connectivity index is 2.23. The Morgan fingerprint density at radius 2 is 1.49 bits per heavy atom. The molecule has 47 heavy (non-hydrogen) atoms. The first kappa shape index (κ1) is 42.6. The van der Waals surface area contributed by atoms with Gasteiger partial charge < -0.3 is 49.0 Å². The van der Waals surface area contributed by atoms with E-state index in [0.717, 1.165) is 5.56 Å². The number of nitrogens with one attached hydrogen (secondary N) is 2. The number of hydrogen-bond donors (Lipinski definition) is 4. The van der Waals surface area contributed by atoms with Gasteiger partial charge in [-0.25, -0.2) is 9.59 Å². The Morgan fingerprint density at radius 3 is 2.04 bits per heavy atom. The first-order valence-corrected chi connectivity index (χ1v) is 19.6. The Hall–Kier alpha value is -0.523. The molecule has 1 aliphatic rings. The SMILES string of the molecule is CC(C)(C)[Si](C)(C)OCC1O[C@@H](OC[C@@H](COCc2ccccc2)NC(=O)OCC(Cl)(Cl)Cl)C(NC(=O)OCC(Cl)(Cl)Cl)C(O)[C@@H]1O. The monoisotopic (exact) mass is 804 g/mol. The van der Waals surface area contributed by atoms with Crippen molar-refractivity contribution in [1.82, 2.24) is 10.6 Å². The molecule has 0 radical (unpaired) electrons. The second-order valence-corrected chi connectivity index (χ2v) is 22.2. The molecule has 0 aromatic heterocycles. The number of benzene rings is 1. The van der Waals surface area contributed by atoms with Gasteiger partial charge in [-0.3, -0.25) is 0 Å². The first-order chi connectivity index (χ1) is 21.6. The van der Waals surface area contributed by atoms with Gasteiger partial charge in [-0.05, 0) is 23.7 Å². The van der Waals surface area contributed by atoms with Crippen molar-refractivity contribution in [2.45, 2.75) is 89.8 Å². The topological polar surface area (TPSA) is 154 Å². The molecule has 1 aliphatic heterocycles. The highest BCUT2D eigenvalue weighted by atomic mass is 35.6. The average molecular weight is 807 g/mol. The van der Waals surface area contributed by atoms with Gasteiger partial charge in [-0.15, -0.1) is 0 Å². The van der Waals surface area contributed by atoms with Gasteiger partial charge in [-0.2, -0.15) is 0 Å². The van der Waals surface area contributed by atoms with E-state index < -0.39 is 78.0 Å². The van der Waals surface area contributed by atoms with Crippen LogP contribution in [0, 0.1) is 0 Å². The van der Waals surface area contributed by atoms with Crippen LogP contribution >= 0.6 is 69.6 Å². The summed E-state index contributed by atoms with van der Waals surface area (Å²) in [5.74, 6) is 0. The number of aliphatic hydroxyl groups excluding tert-OH is 2. The molecule has 1 fully saturated rings. The fraction of sp³-hybridized carbons (Fsp3) is 0.714. The van der Waals surface area contributed by atoms with E-state index in [1.54, 1.807) is 0 Å². The largest absolute Gasteiger partial charge is 0.445 e. The zero-order chi connectivity index (χ0) is 35.6. The third kappa shape index (κ3) is 15.9. The molecule has 12 nitrogen and oxygen atoms in total. The van der Waals surface area contributed by atoms with Gasteiger partial charge >= 0.3 is 12.2 Å². The van der Waals surface area contributed by atoms with E-state index in [2.05, 4.69) is 10.6 Å². The van der Waals surface area contributed by atoms with Crippen LogP contribution in [-0.2, 0) is 34.7 Å². The summed E-state index contributed by atoms with van der Waals surface area (Å²) >= 11 is 34.1. The number of aliphatic hydroxyl groups is 2. The molecular weight excluding hydrogens is 765 g/mol. The zero-order valence-corrected chi connectivity index (χ0v) is 32.1. The van der Waals surface area contributed by atoms with Gasteiger partial charge in [0.25, 0.3) is 0 Å². The standard InChI is InChI=1S/C28H42Cl6N2O10Si/c1-26(2,3)47(4,5)45-14-19-21(37)22(38)20(36-25(40)44-16-28(32,33)34)23(46-19)42-13-18(35-24(39)43-15-27(29,30)31)12-41-11-17-9-7-6-8-10-17/h6-10,18-23,37-38H,11-16H2,1-5H3,(H,35,39)(H,36,40)/t18-,19?,20?,21-,22?,23-/m1/s1. The molecule has 3 unspecified atom stereocenters. The van der Waals surface area contributed by atoms with Crippen molar-refractivity contribution in [2.24, 2.45) is 0 Å². The van der Waals surface area contributed by atoms with E-state index in [-0.39, 0.29) is 31.5 Å². The second-order valence-electron chi connectivity index (χ2n) is 12.3. The lowest BCUT2D eigenvalue weighted by molar-refractivity contribution is -0.270. The van der Waals surface area contributed by atoms with Gasteiger partial charge in [0.1, 0.15) is 37.6 Å². The molecule has 1 aromatic rings. The van der Waals surface area contributed by atoms with Crippen LogP contribution in [0.1, 0.15) is 26.3 Å². The van der Waals surface area contributed by atoms with Crippen LogP contribution in [-0.4, -0.2) is 108 Å². The molecule has 1 heterocycles. The molecule has 0 saturated carbocycles. The summed E-state index contributed by atoms with van der Waals surface area (Å²) in [7, 11) is -2.30. The van der Waals surface area contributed by atoms with Crippen molar-refractivity contribution in [1.29, 1.82) is 0 Å². The second kappa shape index (κ2) is 18.6. The Kier molecular flexibility index (Phi) is 16.9. The number of carbonyl (C=O) groups excluding carboxylic acids is 2. The molecule has 0 aliphatic carbocycles. The van der Waals surface area contributed by atoms with Crippen molar-refractivity contribution in [3.05, 3.63) is 35.9 Å². The van der Waals surface area contributed by atoms with Crippen LogP contribution in [0.3, 0.4) is 0 Å². The van der Waals surface area contributed by atoms with E-state index in [0.29, 0.717) is 0 Å². The molecule has 0 bridgehead atoms. The smallest absolute Gasteiger partial charge is 0.407 e. The third-order valence-electron chi connectivity index (χ3n) is 7.35. The van der Waals surface area contributed by atoms with Crippen molar-refractivity contribution in [3.63, 3.8) is 0 Å². The van der Waals surface area contributed by atoms with Crippen LogP contribution in [0.2, 0.25) is 18.1 Å². The summed E-state index contributed by atoms with van der Waals surface area (Å²) < 4.78 is 30.2. The number of halogens is 6. The average Bonchev–Trinajstić information content (AvgIpc) is 2.95. The van der Waals surface area contributed by atoms with Crippen molar-refractivity contribution < 1.29 is 47.9 Å². The highest BCUT2D eigenvalue weighted by molar-refractivity contribution is 6.74. The summed E-state index contributed by atoms with van der Waals surface area (Å²) in [4.78, 5) is 25.1. The van der Waals surface area contributed by atoms with Gasteiger partial charge in [0.15, 0.2) is 14.6 Å². The van der Waals surface area contributed by atoms with Crippen LogP contribution < -0.4 is 10.6 Å². The molecule has 1 saturated heterocycles. The van der Waals surface area contributed by atoms with Crippen molar-refractivity contribution in [3.8, 4) is 0 Å². The molecule has 2 rings (SSSR count). The highest BCUT2D eigenvalue weighted by Crippen LogP contribution is 2.37. The number of amides is 2. The lowest BCUT2D eigenvalue weighted by Gasteiger charge is -2.44. The molecule has 6 atom stereocenters. The fourth-order valence-electron chi connectivity index (χ4n) is 3.79. The van der Waals surface area contributed by atoms with Crippen LogP contribution in [0.15, 0.2) is 30.3 Å². The number of hydrogen-bond acceptors (Lipinski definition) is 10. The summed E-state index contributed by atoms with van der Waals surface area (Å²) in [6.07, 6.45) is -7.59. The maximum absolute atomic E-state index is 12.6. The van der Waals surface area contributed by atoms with Gasteiger partial charge in [0.05, 0.1) is 32.5 Å². The molecular formula is C28H42Cl6N2O10Si.